The Labute approximate surface area is 167 Å². The number of nitrogens with zero attached hydrogens (tertiary/aromatic N) is 3. The van der Waals surface area contributed by atoms with Crippen LogP contribution in [0.4, 0.5) is 0 Å². The standard InChI is InChI=1S/C20H33N5OS/c1-4-18(26)25-11-9-16(14-25)23-20(21-2)22-13-15-7-5-10-24(3)19(15)17-8-6-12-27-17/h6,8,12,15-16,19H,4-5,7,9-11,13-14H2,1-3H3,(H2,21,22,23). The summed E-state index contributed by atoms with van der Waals surface area (Å²) in [5.74, 6) is 1.66. The topological polar surface area (TPSA) is 60.0 Å². The Bertz CT molecular complexity index is 632. The quantitative estimate of drug-likeness (QED) is 0.597. The van der Waals surface area contributed by atoms with Crippen LogP contribution in [-0.2, 0) is 4.79 Å². The van der Waals surface area contributed by atoms with Crippen molar-refractivity contribution in [1.29, 1.82) is 0 Å². The molecule has 2 N–H and O–H groups in total. The van der Waals surface area contributed by atoms with Crippen LogP contribution >= 0.6 is 11.3 Å². The van der Waals surface area contributed by atoms with Crippen molar-refractivity contribution >= 4 is 23.2 Å². The van der Waals surface area contributed by atoms with Gasteiger partial charge in [0.2, 0.25) is 5.91 Å². The Hall–Kier alpha value is -1.60. The third-order valence-corrected chi connectivity index (χ3v) is 6.72. The van der Waals surface area contributed by atoms with Crippen LogP contribution in [0.3, 0.4) is 0 Å². The molecule has 2 saturated heterocycles. The molecule has 3 rings (SSSR count). The lowest BCUT2D eigenvalue weighted by Crippen LogP contribution is -2.48. The van der Waals surface area contributed by atoms with Gasteiger partial charge in [-0.3, -0.25) is 14.7 Å². The van der Waals surface area contributed by atoms with Crippen molar-refractivity contribution in [3.63, 3.8) is 0 Å². The summed E-state index contributed by atoms with van der Waals surface area (Å²) in [6.45, 7) is 5.62. The molecule has 2 fully saturated rings. The van der Waals surface area contributed by atoms with Crippen molar-refractivity contribution in [3.8, 4) is 0 Å². The Balaban J connectivity index is 1.53. The van der Waals surface area contributed by atoms with E-state index in [0.717, 1.165) is 38.6 Å². The van der Waals surface area contributed by atoms with Crippen molar-refractivity contribution in [2.75, 3.05) is 40.3 Å². The van der Waals surface area contributed by atoms with Crippen LogP contribution in [0.25, 0.3) is 0 Å². The number of carbonyl (C=O) groups excluding carboxylic acids is 1. The number of nitrogens with one attached hydrogen (secondary N) is 2. The number of thiophene rings is 1. The van der Waals surface area contributed by atoms with Gasteiger partial charge in [0.15, 0.2) is 5.96 Å². The molecule has 150 valence electrons. The molecular formula is C20H33N5OS. The molecule has 0 aliphatic carbocycles. The molecule has 7 heteroatoms. The van der Waals surface area contributed by atoms with E-state index in [1.165, 1.54) is 17.7 Å². The second-order valence-electron chi connectivity index (χ2n) is 7.62. The van der Waals surface area contributed by atoms with Crippen molar-refractivity contribution in [2.24, 2.45) is 10.9 Å². The minimum Gasteiger partial charge on any atom is -0.356 e. The Morgan fingerprint density at radius 3 is 2.93 bits per heavy atom. The van der Waals surface area contributed by atoms with Gasteiger partial charge in [-0.15, -0.1) is 11.3 Å². The summed E-state index contributed by atoms with van der Waals surface area (Å²) in [7, 11) is 4.06. The number of piperidine rings is 1. The summed E-state index contributed by atoms with van der Waals surface area (Å²) in [6.07, 6.45) is 4.04. The molecule has 0 bridgehead atoms. The van der Waals surface area contributed by atoms with E-state index < -0.39 is 0 Å². The minimum atomic E-state index is 0.242. The molecule has 1 amide bonds. The number of hydrogen-bond acceptors (Lipinski definition) is 4. The highest BCUT2D eigenvalue weighted by molar-refractivity contribution is 7.10. The second-order valence-corrected chi connectivity index (χ2v) is 8.60. The molecule has 1 aromatic rings. The van der Waals surface area contributed by atoms with Gasteiger partial charge in [-0.2, -0.15) is 0 Å². The highest BCUT2D eigenvalue weighted by Crippen LogP contribution is 2.36. The maximum atomic E-state index is 11.9. The summed E-state index contributed by atoms with van der Waals surface area (Å²) in [6, 6.07) is 5.17. The molecule has 1 aromatic heterocycles. The molecule has 0 radical (unpaired) electrons. The average Bonchev–Trinajstić information content (AvgIpc) is 3.36. The molecule has 3 atom stereocenters. The number of hydrogen-bond donors (Lipinski definition) is 2. The van der Waals surface area contributed by atoms with E-state index in [1.807, 2.05) is 30.2 Å². The molecule has 27 heavy (non-hydrogen) atoms. The molecule has 2 aliphatic rings. The van der Waals surface area contributed by atoms with Gasteiger partial charge in [0.25, 0.3) is 0 Å². The predicted molar refractivity (Wildman–Crippen MR) is 112 cm³/mol. The number of guanidine groups is 1. The van der Waals surface area contributed by atoms with Crippen LogP contribution in [0.1, 0.15) is 43.5 Å². The molecule has 3 heterocycles. The summed E-state index contributed by atoms with van der Waals surface area (Å²) >= 11 is 1.86. The fourth-order valence-corrected chi connectivity index (χ4v) is 5.31. The summed E-state index contributed by atoms with van der Waals surface area (Å²) < 4.78 is 0. The first-order valence-electron chi connectivity index (χ1n) is 10.1. The maximum Gasteiger partial charge on any atom is 0.222 e. The largest absolute Gasteiger partial charge is 0.356 e. The summed E-state index contributed by atoms with van der Waals surface area (Å²) in [5, 5.41) is 9.23. The number of carbonyl (C=O) groups is 1. The lowest BCUT2D eigenvalue weighted by Gasteiger charge is -2.39. The van der Waals surface area contributed by atoms with E-state index in [9.17, 15) is 4.79 Å². The Kier molecular flexibility index (Phi) is 7.13. The van der Waals surface area contributed by atoms with E-state index in [1.54, 1.807) is 0 Å². The third-order valence-electron chi connectivity index (χ3n) is 5.78. The van der Waals surface area contributed by atoms with E-state index in [-0.39, 0.29) is 11.9 Å². The molecule has 3 unspecified atom stereocenters. The van der Waals surface area contributed by atoms with Crippen LogP contribution in [0.5, 0.6) is 0 Å². The molecule has 0 aromatic carbocycles. The molecule has 2 aliphatic heterocycles. The molecule has 0 spiro atoms. The van der Waals surface area contributed by atoms with Crippen LogP contribution in [0.15, 0.2) is 22.5 Å². The Morgan fingerprint density at radius 1 is 1.37 bits per heavy atom. The van der Waals surface area contributed by atoms with Crippen molar-refractivity contribution < 1.29 is 4.79 Å². The normalized spacial score (nSPS) is 27.0. The van der Waals surface area contributed by atoms with Gasteiger partial charge < -0.3 is 15.5 Å². The third kappa shape index (κ3) is 5.02. The minimum absolute atomic E-state index is 0.242. The van der Waals surface area contributed by atoms with Gasteiger partial charge >= 0.3 is 0 Å². The summed E-state index contributed by atoms with van der Waals surface area (Å²) in [5.41, 5.74) is 0. The first-order chi connectivity index (χ1) is 13.1. The van der Waals surface area contributed by atoms with Crippen molar-refractivity contribution in [1.82, 2.24) is 20.4 Å². The van der Waals surface area contributed by atoms with Gasteiger partial charge in [0.1, 0.15) is 0 Å². The first kappa shape index (κ1) is 20.1. The zero-order valence-corrected chi connectivity index (χ0v) is 17.6. The molecule has 0 saturated carbocycles. The number of rotatable bonds is 5. The smallest absolute Gasteiger partial charge is 0.222 e. The fourth-order valence-electron chi connectivity index (χ4n) is 4.33. The van der Waals surface area contributed by atoms with Crippen LogP contribution in [-0.4, -0.2) is 68.0 Å². The lowest BCUT2D eigenvalue weighted by molar-refractivity contribution is -0.129. The van der Waals surface area contributed by atoms with Gasteiger partial charge in [0.05, 0.1) is 0 Å². The lowest BCUT2D eigenvalue weighted by atomic mass is 9.88. The molecule has 6 nitrogen and oxygen atoms in total. The van der Waals surface area contributed by atoms with Crippen LogP contribution in [0.2, 0.25) is 0 Å². The predicted octanol–water partition coefficient (Wildman–Crippen LogP) is 2.31. The maximum absolute atomic E-state index is 11.9. The fraction of sp³-hybridized carbons (Fsp3) is 0.700. The highest BCUT2D eigenvalue weighted by atomic mass is 32.1. The zero-order valence-electron chi connectivity index (χ0n) is 16.8. The number of likely N-dealkylation sites (tertiary alicyclic amines) is 2. The Morgan fingerprint density at radius 2 is 2.22 bits per heavy atom. The monoisotopic (exact) mass is 391 g/mol. The first-order valence-corrected chi connectivity index (χ1v) is 11.0. The van der Waals surface area contributed by atoms with E-state index in [2.05, 4.69) is 45.1 Å². The van der Waals surface area contributed by atoms with E-state index >= 15 is 0 Å². The van der Waals surface area contributed by atoms with Crippen LogP contribution < -0.4 is 10.6 Å². The number of aliphatic imine (C=N–C) groups is 1. The van der Waals surface area contributed by atoms with Gasteiger partial charge in [0, 0.05) is 50.1 Å². The van der Waals surface area contributed by atoms with Gasteiger partial charge in [-0.05, 0) is 50.2 Å². The van der Waals surface area contributed by atoms with Gasteiger partial charge in [-0.1, -0.05) is 13.0 Å². The average molecular weight is 392 g/mol. The SMILES string of the molecule is CCC(=O)N1CCC(NC(=NC)NCC2CCCN(C)C2c2cccs2)C1. The van der Waals surface area contributed by atoms with Gasteiger partial charge in [-0.25, -0.2) is 0 Å². The second kappa shape index (κ2) is 9.55. The van der Waals surface area contributed by atoms with E-state index in [0.29, 0.717) is 18.4 Å². The van der Waals surface area contributed by atoms with E-state index in [4.69, 9.17) is 0 Å². The van der Waals surface area contributed by atoms with Crippen LogP contribution in [0, 0.1) is 5.92 Å². The highest BCUT2D eigenvalue weighted by Gasteiger charge is 2.31. The molecular weight excluding hydrogens is 358 g/mol. The summed E-state index contributed by atoms with van der Waals surface area (Å²) in [4.78, 5) is 22.2. The number of amides is 1. The van der Waals surface area contributed by atoms with Crippen molar-refractivity contribution in [2.45, 2.75) is 44.7 Å². The zero-order chi connectivity index (χ0) is 19.2. The van der Waals surface area contributed by atoms with Crippen molar-refractivity contribution in [3.05, 3.63) is 22.4 Å².